The van der Waals surface area contributed by atoms with Crippen molar-refractivity contribution in [2.45, 2.75) is 6.04 Å². The topological polar surface area (TPSA) is 119 Å². The van der Waals surface area contributed by atoms with E-state index >= 15 is 0 Å². The van der Waals surface area contributed by atoms with Gasteiger partial charge in [0.2, 0.25) is 0 Å². The van der Waals surface area contributed by atoms with Gasteiger partial charge >= 0.3 is 0 Å². The number of hydrogen-bond acceptors (Lipinski definition) is 7. The number of nitrogens with zero attached hydrogens (tertiary/aromatic N) is 2. The van der Waals surface area contributed by atoms with Crippen molar-refractivity contribution in [3.63, 3.8) is 0 Å². The molecule has 0 bridgehead atoms. The first-order valence-corrected chi connectivity index (χ1v) is 10.2. The Morgan fingerprint density at radius 2 is 1.53 bits per heavy atom. The van der Waals surface area contributed by atoms with Crippen molar-refractivity contribution in [2.24, 2.45) is 0 Å². The molecule has 0 spiro atoms. The number of nitro benzene ring substituents is 1. The monoisotopic (exact) mass is 460 g/mol. The van der Waals surface area contributed by atoms with Crippen LogP contribution in [-0.4, -0.2) is 35.9 Å². The molecule has 1 saturated heterocycles. The smallest absolute Gasteiger partial charge is 0.300 e. The van der Waals surface area contributed by atoms with Gasteiger partial charge in [-0.15, -0.1) is 0 Å². The number of benzene rings is 3. The first-order valence-electron chi connectivity index (χ1n) is 10.2. The van der Waals surface area contributed by atoms with Crippen LogP contribution in [0.3, 0.4) is 0 Å². The molecule has 1 atom stereocenters. The quantitative estimate of drug-likeness (QED) is 0.192. The molecule has 3 aromatic rings. The maximum atomic E-state index is 13.2. The zero-order valence-electron chi connectivity index (χ0n) is 18.3. The molecular weight excluding hydrogens is 440 g/mol. The summed E-state index contributed by atoms with van der Waals surface area (Å²) in [6, 6.07) is 17.3. The maximum absolute atomic E-state index is 13.2. The number of carbonyl (C=O) groups excluding carboxylic acids is 2. The Bertz CT molecular complexity index is 1300. The zero-order valence-corrected chi connectivity index (χ0v) is 18.3. The van der Waals surface area contributed by atoms with Crippen LogP contribution in [0, 0.1) is 10.1 Å². The number of ether oxygens (including phenoxy) is 2. The molecule has 9 nitrogen and oxygen atoms in total. The molecule has 1 heterocycles. The number of aliphatic hydroxyl groups excluding tert-OH is 1. The number of carbonyl (C=O) groups is 2. The Labute approximate surface area is 194 Å². The number of aliphatic hydroxyl groups is 1. The average molecular weight is 460 g/mol. The van der Waals surface area contributed by atoms with Crippen molar-refractivity contribution >= 4 is 28.8 Å². The molecule has 34 heavy (non-hydrogen) atoms. The van der Waals surface area contributed by atoms with Gasteiger partial charge in [-0.25, -0.2) is 0 Å². The van der Waals surface area contributed by atoms with Crippen LogP contribution in [0.15, 0.2) is 78.4 Å². The van der Waals surface area contributed by atoms with Gasteiger partial charge in [-0.2, -0.15) is 0 Å². The summed E-state index contributed by atoms with van der Waals surface area (Å²) in [5.41, 5.74) is 0.588. The Morgan fingerprint density at radius 3 is 2.09 bits per heavy atom. The van der Waals surface area contributed by atoms with Gasteiger partial charge in [0, 0.05) is 23.4 Å². The molecule has 0 aliphatic carbocycles. The summed E-state index contributed by atoms with van der Waals surface area (Å²) in [5, 5.41) is 22.5. The molecule has 172 valence electrons. The van der Waals surface area contributed by atoms with E-state index in [1.54, 1.807) is 54.6 Å². The summed E-state index contributed by atoms with van der Waals surface area (Å²) in [4.78, 5) is 38.4. The van der Waals surface area contributed by atoms with Gasteiger partial charge in [0.1, 0.15) is 17.3 Å². The molecule has 0 aromatic heterocycles. The van der Waals surface area contributed by atoms with Gasteiger partial charge in [0.05, 0.1) is 30.8 Å². The van der Waals surface area contributed by atoms with Crippen molar-refractivity contribution < 1.29 is 29.1 Å². The van der Waals surface area contributed by atoms with Crippen LogP contribution in [0.1, 0.15) is 17.2 Å². The molecule has 0 saturated carbocycles. The SMILES string of the molecule is COc1ccc(C(O)=C2C(=O)C(=O)N(c3ccc(OC)cc3)C2c2cccc([N+](=O)[O-])c2)cc1. The number of nitro groups is 1. The third-order valence-corrected chi connectivity index (χ3v) is 5.56. The van der Waals surface area contributed by atoms with E-state index in [4.69, 9.17) is 9.47 Å². The third-order valence-electron chi connectivity index (χ3n) is 5.56. The summed E-state index contributed by atoms with van der Waals surface area (Å²) in [5.74, 6) is -1.07. The van der Waals surface area contributed by atoms with Crippen LogP contribution < -0.4 is 14.4 Å². The minimum absolute atomic E-state index is 0.175. The second kappa shape index (κ2) is 9.07. The first kappa shape index (κ1) is 22.5. The Balaban J connectivity index is 1.93. The van der Waals surface area contributed by atoms with E-state index in [1.807, 2.05) is 0 Å². The van der Waals surface area contributed by atoms with Crippen molar-refractivity contribution in [1.29, 1.82) is 0 Å². The van der Waals surface area contributed by atoms with Crippen LogP contribution in [-0.2, 0) is 9.59 Å². The van der Waals surface area contributed by atoms with Crippen molar-refractivity contribution in [3.8, 4) is 11.5 Å². The fourth-order valence-corrected chi connectivity index (χ4v) is 3.87. The largest absolute Gasteiger partial charge is 0.507 e. The van der Waals surface area contributed by atoms with E-state index in [0.29, 0.717) is 28.3 Å². The summed E-state index contributed by atoms with van der Waals surface area (Å²) in [6.07, 6.45) is 0. The highest BCUT2D eigenvalue weighted by Gasteiger charge is 2.47. The van der Waals surface area contributed by atoms with Crippen LogP contribution >= 0.6 is 0 Å². The molecular formula is C25H20N2O7. The predicted molar refractivity (Wildman–Crippen MR) is 124 cm³/mol. The Hall–Kier alpha value is -4.66. The molecule has 1 unspecified atom stereocenters. The number of methoxy groups -OCH3 is 2. The number of anilines is 1. The van der Waals surface area contributed by atoms with E-state index < -0.39 is 28.4 Å². The summed E-state index contributed by atoms with van der Waals surface area (Å²) >= 11 is 0. The lowest BCUT2D eigenvalue weighted by Gasteiger charge is -2.25. The van der Waals surface area contributed by atoms with Crippen LogP contribution in [0.4, 0.5) is 11.4 Å². The van der Waals surface area contributed by atoms with Crippen LogP contribution in [0.5, 0.6) is 11.5 Å². The molecule has 4 rings (SSSR count). The number of rotatable bonds is 6. The lowest BCUT2D eigenvalue weighted by atomic mass is 9.94. The van der Waals surface area contributed by atoms with Crippen molar-refractivity contribution in [3.05, 3.63) is 99.6 Å². The molecule has 9 heteroatoms. The first-order chi connectivity index (χ1) is 16.3. The Morgan fingerprint density at radius 1 is 0.941 bits per heavy atom. The zero-order chi connectivity index (χ0) is 24.4. The number of hydrogen-bond donors (Lipinski definition) is 1. The highest BCUT2D eigenvalue weighted by atomic mass is 16.6. The van der Waals surface area contributed by atoms with Gasteiger partial charge in [-0.3, -0.25) is 24.6 Å². The molecule has 3 aromatic carbocycles. The lowest BCUT2D eigenvalue weighted by molar-refractivity contribution is -0.384. The van der Waals surface area contributed by atoms with Gasteiger partial charge in [0.15, 0.2) is 0 Å². The molecule has 0 radical (unpaired) electrons. The van der Waals surface area contributed by atoms with Gasteiger partial charge in [-0.05, 0) is 54.1 Å². The lowest BCUT2D eigenvalue weighted by Crippen LogP contribution is -2.29. The highest BCUT2D eigenvalue weighted by Crippen LogP contribution is 2.43. The highest BCUT2D eigenvalue weighted by molar-refractivity contribution is 6.51. The van der Waals surface area contributed by atoms with E-state index in [-0.39, 0.29) is 11.3 Å². The van der Waals surface area contributed by atoms with Gasteiger partial charge in [-0.1, -0.05) is 12.1 Å². The predicted octanol–water partition coefficient (Wildman–Crippen LogP) is 4.24. The van der Waals surface area contributed by atoms with Gasteiger partial charge < -0.3 is 14.6 Å². The fraction of sp³-hybridized carbons (Fsp3) is 0.120. The van der Waals surface area contributed by atoms with Crippen molar-refractivity contribution in [2.75, 3.05) is 19.1 Å². The average Bonchev–Trinajstić information content (AvgIpc) is 3.14. The number of amides is 1. The van der Waals surface area contributed by atoms with Crippen LogP contribution in [0.25, 0.3) is 5.76 Å². The minimum atomic E-state index is -1.09. The van der Waals surface area contributed by atoms with E-state index in [0.717, 1.165) is 0 Å². The fourth-order valence-electron chi connectivity index (χ4n) is 3.87. The van der Waals surface area contributed by atoms with E-state index in [2.05, 4.69) is 0 Å². The van der Waals surface area contributed by atoms with Crippen molar-refractivity contribution in [1.82, 2.24) is 0 Å². The van der Waals surface area contributed by atoms with E-state index in [1.165, 1.54) is 37.3 Å². The third kappa shape index (κ3) is 3.95. The molecule has 1 N–H and O–H groups in total. The number of Topliss-reactive ketones (excluding diaryl/α,β-unsaturated/α-hetero) is 1. The minimum Gasteiger partial charge on any atom is -0.507 e. The number of ketones is 1. The molecule has 1 amide bonds. The second-order valence-electron chi connectivity index (χ2n) is 7.45. The normalized spacial score (nSPS) is 17.0. The molecule has 1 aliphatic heterocycles. The van der Waals surface area contributed by atoms with Gasteiger partial charge in [0.25, 0.3) is 17.4 Å². The van der Waals surface area contributed by atoms with Crippen LogP contribution in [0.2, 0.25) is 0 Å². The molecule has 1 fully saturated rings. The number of non-ortho nitro benzene ring substituents is 1. The van der Waals surface area contributed by atoms with E-state index in [9.17, 15) is 24.8 Å². The standard InChI is InChI=1S/C25H20N2O7/c1-33-19-10-6-15(7-11-19)23(28)21-22(16-4-3-5-18(14-16)27(31)32)26(25(30)24(21)29)17-8-12-20(34-2)13-9-17/h3-14,22,28H,1-2H3. The second-order valence-corrected chi connectivity index (χ2v) is 7.45. The maximum Gasteiger partial charge on any atom is 0.300 e. The summed E-state index contributed by atoms with van der Waals surface area (Å²) in [7, 11) is 3.00. The Kier molecular flexibility index (Phi) is 6.01. The summed E-state index contributed by atoms with van der Waals surface area (Å²) < 4.78 is 10.3. The summed E-state index contributed by atoms with van der Waals surface area (Å²) in [6.45, 7) is 0. The molecule has 1 aliphatic rings.